The van der Waals surface area contributed by atoms with Gasteiger partial charge in [0.15, 0.2) is 16.6 Å². The number of nitrogens with zero attached hydrogens (tertiary/aromatic N) is 3. The van der Waals surface area contributed by atoms with Crippen molar-refractivity contribution in [2.24, 2.45) is 0 Å². The quantitative estimate of drug-likeness (QED) is 0.435. The minimum Gasteiger partial charge on any atom is -0.493 e. The summed E-state index contributed by atoms with van der Waals surface area (Å²) in [5, 5.41) is 1.33. The predicted molar refractivity (Wildman–Crippen MR) is 131 cm³/mol. The van der Waals surface area contributed by atoms with E-state index in [1.54, 1.807) is 37.3 Å². The molecule has 9 heteroatoms. The molecule has 3 rings (SSSR count). The van der Waals surface area contributed by atoms with Gasteiger partial charge in [-0.3, -0.25) is 9.69 Å². The average molecular weight is 484 g/mol. The van der Waals surface area contributed by atoms with Crippen LogP contribution in [0.3, 0.4) is 0 Å². The molecule has 0 saturated carbocycles. The number of rotatable bonds is 8. The molecule has 168 valence electrons. The highest BCUT2D eigenvalue weighted by Crippen LogP contribution is 2.34. The Morgan fingerprint density at radius 2 is 1.81 bits per heavy atom. The third kappa shape index (κ3) is 5.80. The van der Waals surface area contributed by atoms with Crippen LogP contribution >= 0.6 is 35.3 Å². The van der Waals surface area contributed by atoms with E-state index in [0.29, 0.717) is 33.8 Å². The Morgan fingerprint density at radius 1 is 1.10 bits per heavy atom. The zero-order valence-corrected chi connectivity index (χ0v) is 20.7. The summed E-state index contributed by atoms with van der Waals surface area (Å²) in [6, 6.07) is 8.98. The van der Waals surface area contributed by atoms with Gasteiger partial charge >= 0.3 is 0 Å². The Morgan fingerprint density at radius 3 is 2.45 bits per heavy atom. The molecule has 1 amide bonds. The normalized spacial score (nSPS) is 10.8. The van der Waals surface area contributed by atoms with Crippen molar-refractivity contribution in [1.29, 1.82) is 0 Å². The molecule has 0 fully saturated rings. The summed E-state index contributed by atoms with van der Waals surface area (Å²) in [6.45, 7) is 3.40. The lowest BCUT2D eigenvalue weighted by atomic mass is 10.1. The van der Waals surface area contributed by atoms with Gasteiger partial charge in [-0.25, -0.2) is 4.98 Å². The zero-order chi connectivity index (χ0) is 21.8. The smallest absolute Gasteiger partial charge is 0.260 e. The number of fused-ring (bicyclic) bond motifs is 1. The minimum atomic E-state index is -0.127. The van der Waals surface area contributed by atoms with Gasteiger partial charge in [0.05, 0.1) is 24.4 Å². The van der Waals surface area contributed by atoms with E-state index in [1.165, 1.54) is 11.3 Å². The van der Waals surface area contributed by atoms with Gasteiger partial charge in [-0.05, 0) is 69.9 Å². The van der Waals surface area contributed by atoms with Crippen molar-refractivity contribution in [3.63, 3.8) is 0 Å². The lowest BCUT2D eigenvalue weighted by molar-refractivity contribution is 0.0985. The van der Waals surface area contributed by atoms with E-state index in [2.05, 4.69) is 4.90 Å². The van der Waals surface area contributed by atoms with Crippen LogP contribution in [0.4, 0.5) is 5.13 Å². The number of carbonyl (C=O) groups excluding carboxylic acids is 1. The van der Waals surface area contributed by atoms with Crippen LogP contribution < -0.4 is 14.4 Å². The predicted octanol–water partition coefficient (Wildman–Crippen LogP) is 5.30. The number of aryl methyl sites for hydroxylation is 1. The largest absolute Gasteiger partial charge is 0.493 e. The van der Waals surface area contributed by atoms with Crippen LogP contribution in [-0.2, 0) is 0 Å². The lowest BCUT2D eigenvalue weighted by Gasteiger charge is -2.21. The van der Waals surface area contributed by atoms with E-state index in [0.717, 1.165) is 28.7 Å². The summed E-state index contributed by atoms with van der Waals surface area (Å²) >= 11 is 7.69. The molecule has 0 aliphatic carbocycles. The second-order valence-electron chi connectivity index (χ2n) is 7.25. The Bertz CT molecular complexity index is 1060. The number of methoxy groups -OCH3 is 2. The van der Waals surface area contributed by atoms with Crippen LogP contribution in [0, 0.1) is 6.92 Å². The van der Waals surface area contributed by atoms with Crippen LogP contribution in [0.25, 0.3) is 10.2 Å². The summed E-state index contributed by atoms with van der Waals surface area (Å²) in [4.78, 5) is 22.1. The van der Waals surface area contributed by atoms with E-state index in [4.69, 9.17) is 26.1 Å². The van der Waals surface area contributed by atoms with Gasteiger partial charge in [-0.2, -0.15) is 0 Å². The number of amides is 1. The second kappa shape index (κ2) is 11.0. The van der Waals surface area contributed by atoms with E-state index in [1.807, 2.05) is 33.2 Å². The van der Waals surface area contributed by atoms with Crippen molar-refractivity contribution in [2.45, 2.75) is 13.3 Å². The first-order valence-corrected chi connectivity index (χ1v) is 10.8. The zero-order valence-electron chi connectivity index (χ0n) is 18.3. The molecule has 6 nitrogen and oxygen atoms in total. The molecule has 0 aliphatic rings. The number of hydrogen-bond donors (Lipinski definition) is 0. The number of aromatic nitrogens is 1. The average Bonchev–Trinajstić information content (AvgIpc) is 3.14. The molecule has 0 atom stereocenters. The fraction of sp³-hybridized carbons (Fsp3) is 0.364. The molecule has 1 heterocycles. The van der Waals surface area contributed by atoms with Gasteiger partial charge in [-0.1, -0.05) is 22.9 Å². The number of thiazole rings is 1. The SMILES string of the molecule is COc1ccc(C(=O)N(CCCN(C)C)c2nc3c(C)cc(Cl)cc3s2)cc1OC.Cl. The van der Waals surface area contributed by atoms with Gasteiger partial charge in [0.1, 0.15) is 0 Å². The summed E-state index contributed by atoms with van der Waals surface area (Å²) in [5.74, 6) is 0.972. The fourth-order valence-electron chi connectivity index (χ4n) is 3.21. The van der Waals surface area contributed by atoms with E-state index in [-0.39, 0.29) is 18.3 Å². The number of benzene rings is 2. The van der Waals surface area contributed by atoms with Crippen molar-refractivity contribution in [3.8, 4) is 11.5 Å². The van der Waals surface area contributed by atoms with Gasteiger partial charge in [-0.15, -0.1) is 12.4 Å². The van der Waals surface area contributed by atoms with Crippen molar-refractivity contribution in [3.05, 3.63) is 46.5 Å². The second-order valence-corrected chi connectivity index (χ2v) is 8.69. The van der Waals surface area contributed by atoms with Gasteiger partial charge in [0, 0.05) is 17.1 Å². The maximum Gasteiger partial charge on any atom is 0.260 e. The van der Waals surface area contributed by atoms with Crippen LogP contribution in [0.2, 0.25) is 5.02 Å². The highest BCUT2D eigenvalue weighted by molar-refractivity contribution is 7.22. The molecule has 0 aliphatic heterocycles. The third-order valence-corrected chi connectivity index (χ3v) is 5.98. The van der Waals surface area contributed by atoms with Crippen LogP contribution in [0.15, 0.2) is 30.3 Å². The molecule has 3 aromatic rings. The molecule has 0 bridgehead atoms. The topological polar surface area (TPSA) is 54.9 Å². The molecule has 0 spiro atoms. The van der Waals surface area contributed by atoms with Crippen LogP contribution in [0.1, 0.15) is 22.3 Å². The standard InChI is InChI=1S/C22H26ClN3O3S.ClH/c1-14-11-16(23)13-19-20(14)24-22(30-19)26(10-6-9-25(2)3)21(27)15-7-8-17(28-4)18(12-15)29-5;/h7-8,11-13H,6,9-10H2,1-5H3;1H. The fourth-order valence-corrected chi connectivity index (χ4v) is 4.66. The van der Waals surface area contributed by atoms with Gasteiger partial charge < -0.3 is 14.4 Å². The molecule has 0 unspecified atom stereocenters. The maximum absolute atomic E-state index is 13.5. The summed E-state index contributed by atoms with van der Waals surface area (Å²) in [7, 11) is 7.16. The monoisotopic (exact) mass is 483 g/mol. The molecule has 0 N–H and O–H groups in total. The molecule has 1 aromatic heterocycles. The van der Waals surface area contributed by atoms with Crippen LogP contribution in [-0.4, -0.2) is 57.2 Å². The Kier molecular flexibility index (Phi) is 8.94. The van der Waals surface area contributed by atoms with E-state index < -0.39 is 0 Å². The van der Waals surface area contributed by atoms with Gasteiger partial charge in [0.25, 0.3) is 5.91 Å². The number of ether oxygens (including phenoxy) is 2. The first-order valence-electron chi connectivity index (χ1n) is 9.59. The Hall–Kier alpha value is -2.06. The minimum absolute atomic E-state index is 0. The molecule has 31 heavy (non-hydrogen) atoms. The number of carbonyl (C=O) groups is 1. The summed E-state index contributed by atoms with van der Waals surface area (Å²) in [5.41, 5.74) is 2.38. The van der Waals surface area contributed by atoms with E-state index in [9.17, 15) is 4.79 Å². The first kappa shape index (κ1) is 25.2. The third-order valence-electron chi connectivity index (χ3n) is 4.73. The Labute approximate surface area is 198 Å². The van der Waals surface area contributed by atoms with Crippen molar-refractivity contribution >= 4 is 56.6 Å². The van der Waals surface area contributed by atoms with E-state index >= 15 is 0 Å². The number of halogens is 2. The highest BCUT2D eigenvalue weighted by atomic mass is 35.5. The molecule has 2 aromatic carbocycles. The summed E-state index contributed by atoms with van der Waals surface area (Å²) in [6.07, 6.45) is 0.821. The number of hydrogen-bond acceptors (Lipinski definition) is 6. The first-order chi connectivity index (χ1) is 14.3. The lowest BCUT2D eigenvalue weighted by Crippen LogP contribution is -2.33. The molecule has 0 radical (unpaired) electrons. The number of anilines is 1. The Balaban J connectivity index is 0.00000341. The van der Waals surface area contributed by atoms with Crippen molar-refractivity contribution in [2.75, 3.05) is 46.3 Å². The summed E-state index contributed by atoms with van der Waals surface area (Å²) < 4.78 is 11.6. The molecular formula is C22H27Cl2N3O3S. The highest BCUT2D eigenvalue weighted by Gasteiger charge is 2.23. The van der Waals surface area contributed by atoms with Crippen molar-refractivity contribution < 1.29 is 14.3 Å². The van der Waals surface area contributed by atoms with Gasteiger partial charge in [0.2, 0.25) is 0 Å². The van der Waals surface area contributed by atoms with Crippen molar-refractivity contribution in [1.82, 2.24) is 9.88 Å². The maximum atomic E-state index is 13.5. The molecular weight excluding hydrogens is 457 g/mol. The molecule has 0 saturated heterocycles. The van der Waals surface area contributed by atoms with Crippen LogP contribution in [0.5, 0.6) is 11.5 Å².